The van der Waals surface area contributed by atoms with Gasteiger partial charge in [-0.05, 0) is 48.9 Å². The number of likely N-dealkylation sites (tertiary alicyclic amines) is 1. The van der Waals surface area contributed by atoms with Gasteiger partial charge >= 0.3 is 0 Å². The summed E-state index contributed by atoms with van der Waals surface area (Å²) >= 11 is 0. The maximum Gasteiger partial charge on any atom is 0.240 e. The van der Waals surface area contributed by atoms with Crippen molar-refractivity contribution in [1.82, 2.24) is 4.90 Å². The second-order valence-electron chi connectivity index (χ2n) is 6.72. The maximum absolute atomic E-state index is 13.1. The highest BCUT2D eigenvalue weighted by Gasteiger charge is 2.45. The number of fused-ring (bicyclic) bond motifs is 3. The summed E-state index contributed by atoms with van der Waals surface area (Å²) in [5.74, 6) is 1.24. The lowest BCUT2D eigenvalue weighted by Crippen LogP contribution is -2.34. The average molecular weight is 312 g/mol. The Hall–Kier alpha value is -2.10. The lowest BCUT2D eigenvalue weighted by atomic mass is 9.80. The van der Waals surface area contributed by atoms with E-state index in [1.54, 1.807) is 6.07 Å². The zero-order chi connectivity index (χ0) is 16.7. The Labute approximate surface area is 137 Å². The smallest absolute Gasteiger partial charge is 0.240 e. The van der Waals surface area contributed by atoms with Gasteiger partial charge in [-0.2, -0.15) is 0 Å². The third-order valence-electron chi connectivity index (χ3n) is 4.60. The standard InChI is InChI=1S/C19H24N2O2/c1-5-20-18-14-8-6-13-7-9-15(22)12(4)16(13)17(14)19(23)21(18)10-11(2)3/h7-9,11,17,22H,5-6,10H2,1-4H3/b20-18-. The first-order valence-electron chi connectivity index (χ1n) is 8.33. The molecule has 1 amide bonds. The van der Waals surface area contributed by atoms with Crippen LogP contribution in [0.1, 0.15) is 43.4 Å². The van der Waals surface area contributed by atoms with Gasteiger partial charge in [0.1, 0.15) is 11.6 Å². The number of rotatable bonds is 3. The van der Waals surface area contributed by atoms with Gasteiger partial charge in [0.15, 0.2) is 0 Å². The molecule has 23 heavy (non-hydrogen) atoms. The molecule has 0 spiro atoms. The van der Waals surface area contributed by atoms with Crippen LogP contribution in [0.15, 0.2) is 28.8 Å². The van der Waals surface area contributed by atoms with Crippen LogP contribution in [-0.4, -0.2) is 34.8 Å². The predicted octanol–water partition coefficient (Wildman–Crippen LogP) is 3.18. The van der Waals surface area contributed by atoms with Crippen LogP contribution in [-0.2, 0) is 11.2 Å². The predicted molar refractivity (Wildman–Crippen MR) is 91.9 cm³/mol. The summed E-state index contributed by atoms with van der Waals surface area (Å²) < 4.78 is 0. The molecule has 4 nitrogen and oxygen atoms in total. The number of benzene rings is 1. The van der Waals surface area contributed by atoms with Crippen molar-refractivity contribution in [3.05, 3.63) is 40.5 Å². The van der Waals surface area contributed by atoms with Gasteiger partial charge in [0.25, 0.3) is 0 Å². The number of allylic oxidation sites excluding steroid dienone is 1. The number of phenols is 1. The van der Waals surface area contributed by atoms with Gasteiger partial charge in [-0.15, -0.1) is 0 Å². The first kappa shape index (κ1) is 15.8. The van der Waals surface area contributed by atoms with Crippen molar-refractivity contribution in [2.45, 2.75) is 40.0 Å². The molecule has 3 rings (SSSR count). The highest BCUT2D eigenvalue weighted by molar-refractivity contribution is 6.20. The number of phenolic OH excluding ortho intramolecular Hbond substituents is 1. The van der Waals surface area contributed by atoms with Crippen molar-refractivity contribution in [1.29, 1.82) is 0 Å². The van der Waals surface area contributed by atoms with E-state index in [0.29, 0.717) is 19.0 Å². The fourth-order valence-corrected chi connectivity index (χ4v) is 3.61. The zero-order valence-electron chi connectivity index (χ0n) is 14.3. The minimum Gasteiger partial charge on any atom is -0.508 e. The molecular formula is C19H24N2O2. The lowest BCUT2D eigenvalue weighted by Gasteiger charge is -2.22. The number of carbonyl (C=O) groups is 1. The molecule has 1 heterocycles. The molecule has 0 bridgehead atoms. The molecule has 1 atom stereocenters. The molecule has 1 unspecified atom stereocenters. The van der Waals surface area contributed by atoms with Crippen LogP contribution in [0.25, 0.3) is 0 Å². The summed E-state index contributed by atoms with van der Waals surface area (Å²) in [5.41, 5.74) is 3.93. The topological polar surface area (TPSA) is 52.9 Å². The van der Waals surface area contributed by atoms with Gasteiger partial charge in [-0.25, -0.2) is 0 Å². The van der Waals surface area contributed by atoms with E-state index in [1.807, 2.05) is 24.8 Å². The molecule has 1 aromatic rings. The quantitative estimate of drug-likeness (QED) is 0.932. The number of carbonyl (C=O) groups excluding carboxylic acids is 1. The zero-order valence-corrected chi connectivity index (χ0v) is 14.3. The SMILES string of the molecule is CC/N=C1/C2=CCc3ccc(O)c(C)c3C2C(=O)N1CC(C)C. The largest absolute Gasteiger partial charge is 0.508 e. The lowest BCUT2D eigenvalue weighted by molar-refractivity contribution is -0.127. The van der Waals surface area contributed by atoms with Gasteiger partial charge < -0.3 is 5.11 Å². The molecule has 1 N–H and O–H groups in total. The molecule has 4 heteroatoms. The van der Waals surface area contributed by atoms with E-state index in [-0.39, 0.29) is 17.6 Å². The number of aliphatic imine (C=N–C) groups is 1. The van der Waals surface area contributed by atoms with E-state index in [4.69, 9.17) is 0 Å². The molecule has 1 aromatic carbocycles. The fourth-order valence-electron chi connectivity index (χ4n) is 3.61. The van der Waals surface area contributed by atoms with Crippen molar-refractivity contribution in [3.63, 3.8) is 0 Å². The number of aromatic hydroxyl groups is 1. The summed E-state index contributed by atoms with van der Waals surface area (Å²) in [6.07, 6.45) is 2.92. The second-order valence-corrected chi connectivity index (χ2v) is 6.72. The van der Waals surface area contributed by atoms with Gasteiger partial charge in [0.2, 0.25) is 5.91 Å². The monoisotopic (exact) mass is 312 g/mol. The Balaban J connectivity index is 2.14. The van der Waals surface area contributed by atoms with Crippen molar-refractivity contribution >= 4 is 11.7 Å². The summed E-state index contributed by atoms with van der Waals surface area (Å²) in [7, 11) is 0. The van der Waals surface area contributed by atoms with Crippen LogP contribution >= 0.6 is 0 Å². The van der Waals surface area contributed by atoms with Crippen LogP contribution in [0.2, 0.25) is 0 Å². The number of hydrogen-bond donors (Lipinski definition) is 1. The number of nitrogens with zero attached hydrogens (tertiary/aromatic N) is 2. The molecule has 0 radical (unpaired) electrons. The number of amides is 1. The Morgan fingerprint density at radius 2 is 2.13 bits per heavy atom. The minimum absolute atomic E-state index is 0.0896. The van der Waals surface area contributed by atoms with E-state index in [0.717, 1.165) is 34.5 Å². The second kappa shape index (κ2) is 5.84. The maximum atomic E-state index is 13.1. The summed E-state index contributed by atoms with van der Waals surface area (Å²) in [6, 6.07) is 3.65. The van der Waals surface area contributed by atoms with Gasteiger partial charge in [0, 0.05) is 18.7 Å². The van der Waals surface area contributed by atoms with Crippen molar-refractivity contribution in [3.8, 4) is 5.75 Å². The Morgan fingerprint density at radius 3 is 2.78 bits per heavy atom. The summed E-state index contributed by atoms with van der Waals surface area (Å²) in [4.78, 5) is 19.6. The average Bonchev–Trinajstić information content (AvgIpc) is 2.76. The number of amidine groups is 1. The highest BCUT2D eigenvalue weighted by atomic mass is 16.3. The molecule has 1 aliphatic carbocycles. The third-order valence-corrected chi connectivity index (χ3v) is 4.60. The molecule has 122 valence electrons. The molecule has 1 fully saturated rings. The molecule has 1 saturated heterocycles. The molecular weight excluding hydrogens is 288 g/mol. The van der Waals surface area contributed by atoms with E-state index in [1.165, 1.54) is 0 Å². The summed E-state index contributed by atoms with van der Waals surface area (Å²) in [5, 5.41) is 10.1. The van der Waals surface area contributed by atoms with Crippen molar-refractivity contribution in [2.24, 2.45) is 10.9 Å². The van der Waals surface area contributed by atoms with E-state index in [9.17, 15) is 9.90 Å². The van der Waals surface area contributed by atoms with Gasteiger partial charge in [-0.1, -0.05) is 26.0 Å². The van der Waals surface area contributed by atoms with Gasteiger partial charge in [0.05, 0.1) is 5.92 Å². The third kappa shape index (κ3) is 2.46. The normalized spacial score (nSPS) is 21.7. The van der Waals surface area contributed by atoms with Crippen LogP contribution in [0.5, 0.6) is 5.75 Å². The van der Waals surface area contributed by atoms with Gasteiger partial charge in [-0.3, -0.25) is 14.7 Å². The Morgan fingerprint density at radius 1 is 1.39 bits per heavy atom. The van der Waals surface area contributed by atoms with Crippen LogP contribution in [0.3, 0.4) is 0 Å². The molecule has 2 aliphatic rings. The molecule has 0 aromatic heterocycles. The van der Waals surface area contributed by atoms with Crippen LogP contribution in [0.4, 0.5) is 0 Å². The van der Waals surface area contributed by atoms with Crippen LogP contribution < -0.4 is 0 Å². The fraction of sp³-hybridized carbons (Fsp3) is 0.474. The molecule has 0 saturated carbocycles. The summed E-state index contributed by atoms with van der Waals surface area (Å²) in [6.45, 7) is 9.45. The van der Waals surface area contributed by atoms with E-state index in [2.05, 4.69) is 24.9 Å². The van der Waals surface area contributed by atoms with Crippen LogP contribution in [0, 0.1) is 12.8 Å². The Kier molecular flexibility index (Phi) is 4.00. The van der Waals surface area contributed by atoms with E-state index >= 15 is 0 Å². The Bertz CT molecular complexity index is 716. The number of hydrogen-bond acceptors (Lipinski definition) is 3. The first-order chi connectivity index (χ1) is 11.0. The minimum atomic E-state index is -0.310. The molecule has 1 aliphatic heterocycles. The van der Waals surface area contributed by atoms with Crippen molar-refractivity contribution in [2.75, 3.05) is 13.1 Å². The first-order valence-corrected chi connectivity index (χ1v) is 8.33. The van der Waals surface area contributed by atoms with Crippen molar-refractivity contribution < 1.29 is 9.90 Å². The van der Waals surface area contributed by atoms with E-state index < -0.39 is 0 Å². The highest BCUT2D eigenvalue weighted by Crippen LogP contribution is 2.43.